The average molecular weight is 222 g/mol. The van der Waals surface area contributed by atoms with Gasteiger partial charge in [0.05, 0.1) is 0 Å². The number of nitrogens with zero attached hydrogens (tertiary/aromatic N) is 1. The maximum Gasteiger partial charge on any atom is 0.123 e. The zero-order valence-corrected chi connectivity index (χ0v) is 9.91. The summed E-state index contributed by atoms with van der Waals surface area (Å²) in [5, 5.41) is 3.43. The van der Waals surface area contributed by atoms with Crippen LogP contribution in [0.4, 0.5) is 4.39 Å². The SMILES string of the molecule is C[C@@H]1CN([C@@H](C)c2ccc(F)cc2)CCN1. The topological polar surface area (TPSA) is 15.3 Å². The van der Waals surface area contributed by atoms with E-state index in [-0.39, 0.29) is 5.82 Å². The van der Waals surface area contributed by atoms with Gasteiger partial charge in [-0.1, -0.05) is 12.1 Å². The molecular formula is C13H19FN2. The summed E-state index contributed by atoms with van der Waals surface area (Å²) in [6.07, 6.45) is 0. The summed E-state index contributed by atoms with van der Waals surface area (Å²) in [4.78, 5) is 2.44. The fourth-order valence-electron chi connectivity index (χ4n) is 2.27. The quantitative estimate of drug-likeness (QED) is 0.825. The lowest BCUT2D eigenvalue weighted by atomic mass is 10.1. The van der Waals surface area contributed by atoms with Gasteiger partial charge in [-0.25, -0.2) is 4.39 Å². The molecule has 0 saturated carbocycles. The Kier molecular flexibility index (Phi) is 3.56. The molecular weight excluding hydrogens is 203 g/mol. The van der Waals surface area contributed by atoms with Crippen LogP contribution in [-0.4, -0.2) is 30.6 Å². The zero-order chi connectivity index (χ0) is 11.5. The van der Waals surface area contributed by atoms with Crippen molar-refractivity contribution >= 4 is 0 Å². The first-order chi connectivity index (χ1) is 7.66. The molecule has 2 nitrogen and oxygen atoms in total. The zero-order valence-electron chi connectivity index (χ0n) is 9.91. The molecule has 0 aliphatic carbocycles. The Morgan fingerprint density at radius 1 is 1.38 bits per heavy atom. The fraction of sp³-hybridized carbons (Fsp3) is 0.538. The Labute approximate surface area is 96.5 Å². The van der Waals surface area contributed by atoms with Crippen LogP contribution in [0.25, 0.3) is 0 Å². The van der Waals surface area contributed by atoms with Crippen molar-refractivity contribution in [2.24, 2.45) is 0 Å². The van der Waals surface area contributed by atoms with Crippen molar-refractivity contribution in [1.29, 1.82) is 0 Å². The number of nitrogens with one attached hydrogen (secondary N) is 1. The molecule has 1 aliphatic heterocycles. The highest BCUT2D eigenvalue weighted by Crippen LogP contribution is 2.21. The first-order valence-corrected chi connectivity index (χ1v) is 5.89. The summed E-state index contributed by atoms with van der Waals surface area (Å²) in [5.41, 5.74) is 1.19. The molecule has 0 aromatic heterocycles. The van der Waals surface area contributed by atoms with Crippen LogP contribution in [0.5, 0.6) is 0 Å². The molecule has 2 rings (SSSR count). The summed E-state index contributed by atoms with van der Waals surface area (Å²) in [7, 11) is 0. The van der Waals surface area contributed by atoms with Crippen molar-refractivity contribution in [2.75, 3.05) is 19.6 Å². The Morgan fingerprint density at radius 2 is 2.06 bits per heavy atom. The average Bonchev–Trinajstić information content (AvgIpc) is 2.29. The lowest BCUT2D eigenvalue weighted by molar-refractivity contribution is 0.158. The molecule has 1 aromatic rings. The molecule has 2 atom stereocenters. The van der Waals surface area contributed by atoms with Crippen molar-refractivity contribution in [3.63, 3.8) is 0 Å². The molecule has 0 spiro atoms. The molecule has 0 bridgehead atoms. The molecule has 1 fully saturated rings. The third-order valence-corrected chi connectivity index (χ3v) is 3.30. The van der Waals surface area contributed by atoms with Gasteiger partial charge in [0, 0.05) is 31.7 Å². The van der Waals surface area contributed by atoms with E-state index in [9.17, 15) is 4.39 Å². The molecule has 0 unspecified atom stereocenters. The lowest BCUT2D eigenvalue weighted by Crippen LogP contribution is -2.49. The van der Waals surface area contributed by atoms with Crippen molar-refractivity contribution in [3.05, 3.63) is 35.6 Å². The third kappa shape index (κ3) is 2.60. The molecule has 1 aliphatic rings. The van der Waals surface area contributed by atoms with E-state index in [2.05, 4.69) is 24.1 Å². The first kappa shape index (κ1) is 11.6. The summed E-state index contributed by atoms with van der Waals surface area (Å²) in [6.45, 7) is 7.53. The third-order valence-electron chi connectivity index (χ3n) is 3.30. The van der Waals surface area contributed by atoms with E-state index in [0.717, 1.165) is 19.6 Å². The Bertz CT molecular complexity index is 336. The second-order valence-electron chi connectivity index (χ2n) is 4.58. The molecule has 1 aromatic carbocycles. The van der Waals surface area contributed by atoms with Crippen molar-refractivity contribution in [2.45, 2.75) is 25.9 Å². The largest absolute Gasteiger partial charge is 0.312 e. The number of halogens is 1. The molecule has 3 heteroatoms. The monoisotopic (exact) mass is 222 g/mol. The minimum absolute atomic E-state index is 0.162. The molecule has 0 radical (unpaired) electrons. The Balaban J connectivity index is 2.06. The van der Waals surface area contributed by atoms with Gasteiger partial charge in [0.1, 0.15) is 5.82 Å². The second kappa shape index (κ2) is 4.93. The maximum absolute atomic E-state index is 12.8. The number of hydrogen-bond acceptors (Lipinski definition) is 2. The number of hydrogen-bond donors (Lipinski definition) is 1. The molecule has 88 valence electrons. The highest BCUT2D eigenvalue weighted by molar-refractivity contribution is 5.19. The van der Waals surface area contributed by atoms with E-state index in [1.54, 1.807) is 0 Å². The highest BCUT2D eigenvalue weighted by atomic mass is 19.1. The molecule has 1 heterocycles. The number of rotatable bonds is 2. The van der Waals surface area contributed by atoms with Crippen LogP contribution in [0.3, 0.4) is 0 Å². The van der Waals surface area contributed by atoms with Gasteiger partial charge in [-0.05, 0) is 31.5 Å². The van der Waals surface area contributed by atoms with Gasteiger partial charge in [-0.2, -0.15) is 0 Å². The molecule has 1 N–H and O–H groups in total. The van der Waals surface area contributed by atoms with E-state index in [1.807, 2.05) is 12.1 Å². The molecule has 1 saturated heterocycles. The first-order valence-electron chi connectivity index (χ1n) is 5.89. The van der Waals surface area contributed by atoms with Gasteiger partial charge < -0.3 is 5.32 Å². The predicted octanol–water partition coefficient (Wildman–Crippen LogP) is 2.18. The van der Waals surface area contributed by atoms with E-state index in [1.165, 1.54) is 17.7 Å². The smallest absolute Gasteiger partial charge is 0.123 e. The van der Waals surface area contributed by atoms with E-state index >= 15 is 0 Å². The van der Waals surface area contributed by atoms with E-state index in [4.69, 9.17) is 0 Å². The van der Waals surface area contributed by atoms with E-state index < -0.39 is 0 Å². The van der Waals surface area contributed by atoms with Crippen LogP contribution in [0, 0.1) is 5.82 Å². The van der Waals surface area contributed by atoms with Crippen LogP contribution in [0.15, 0.2) is 24.3 Å². The second-order valence-corrected chi connectivity index (χ2v) is 4.58. The Hall–Kier alpha value is -0.930. The molecule has 16 heavy (non-hydrogen) atoms. The highest BCUT2D eigenvalue weighted by Gasteiger charge is 2.21. The standard InChI is InChI=1S/C13H19FN2/c1-10-9-16(8-7-15-10)11(2)12-3-5-13(14)6-4-12/h3-6,10-11,15H,7-9H2,1-2H3/t10-,11+/m1/s1. The summed E-state index contributed by atoms with van der Waals surface area (Å²) < 4.78 is 12.8. The molecule has 0 amide bonds. The van der Waals surface area contributed by atoms with Crippen LogP contribution in [0.1, 0.15) is 25.5 Å². The van der Waals surface area contributed by atoms with Crippen molar-refractivity contribution < 1.29 is 4.39 Å². The predicted molar refractivity (Wildman–Crippen MR) is 63.9 cm³/mol. The van der Waals surface area contributed by atoms with Gasteiger partial charge in [0.25, 0.3) is 0 Å². The van der Waals surface area contributed by atoms with Gasteiger partial charge in [-0.3, -0.25) is 4.90 Å². The fourth-order valence-corrected chi connectivity index (χ4v) is 2.27. The van der Waals surface area contributed by atoms with Gasteiger partial charge in [0.2, 0.25) is 0 Å². The van der Waals surface area contributed by atoms with Crippen LogP contribution in [-0.2, 0) is 0 Å². The summed E-state index contributed by atoms with van der Waals surface area (Å²) >= 11 is 0. The lowest BCUT2D eigenvalue weighted by Gasteiger charge is -2.36. The van der Waals surface area contributed by atoms with Crippen molar-refractivity contribution in [1.82, 2.24) is 10.2 Å². The van der Waals surface area contributed by atoms with Crippen molar-refractivity contribution in [3.8, 4) is 0 Å². The maximum atomic E-state index is 12.8. The summed E-state index contributed by atoms with van der Waals surface area (Å²) in [6, 6.07) is 7.75. The number of piperazine rings is 1. The summed E-state index contributed by atoms with van der Waals surface area (Å²) in [5.74, 6) is -0.162. The number of benzene rings is 1. The van der Waals surface area contributed by atoms with Crippen LogP contribution in [0.2, 0.25) is 0 Å². The van der Waals surface area contributed by atoms with Crippen LogP contribution >= 0.6 is 0 Å². The minimum Gasteiger partial charge on any atom is -0.312 e. The van der Waals surface area contributed by atoms with Gasteiger partial charge >= 0.3 is 0 Å². The Morgan fingerprint density at radius 3 is 2.69 bits per heavy atom. The van der Waals surface area contributed by atoms with Gasteiger partial charge in [-0.15, -0.1) is 0 Å². The van der Waals surface area contributed by atoms with Gasteiger partial charge in [0.15, 0.2) is 0 Å². The minimum atomic E-state index is -0.162. The van der Waals surface area contributed by atoms with Crippen LogP contribution < -0.4 is 5.32 Å². The normalized spacial score (nSPS) is 24.3. The van der Waals surface area contributed by atoms with E-state index in [0.29, 0.717) is 12.1 Å².